The van der Waals surface area contributed by atoms with Gasteiger partial charge in [-0.15, -0.1) is 0 Å². The molecule has 102 valence electrons. The molecule has 2 heterocycles. The lowest BCUT2D eigenvalue weighted by Crippen LogP contribution is -2.32. The number of benzene rings is 1. The summed E-state index contributed by atoms with van der Waals surface area (Å²) in [5, 5.41) is 2.83. The molecule has 20 heavy (non-hydrogen) atoms. The summed E-state index contributed by atoms with van der Waals surface area (Å²) >= 11 is 0. The molecule has 1 aliphatic heterocycles. The van der Waals surface area contributed by atoms with Crippen LogP contribution < -0.4 is 15.5 Å². The maximum Gasteiger partial charge on any atom is 0.257 e. The Hall–Kier alpha value is -2.56. The van der Waals surface area contributed by atoms with Crippen LogP contribution in [0.3, 0.4) is 0 Å². The fourth-order valence-corrected chi connectivity index (χ4v) is 2.27. The van der Waals surface area contributed by atoms with Crippen molar-refractivity contribution in [2.75, 3.05) is 6.61 Å². The van der Waals surface area contributed by atoms with Crippen molar-refractivity contribution in [2.24, 2.45) is 0 Å². The average molecular weight is 270 g/mol. The lowest BCUT2D eigenvalue weighted by molar-refractivity contribution is 0.0929. The number of aromatic nitrogens is 1. The minimum atomic E-state index is -0.392. The third kappa shape index (κ3) is 2.18. The fraction of sp³-hybridized carbons (Fsp3) is 0.200. The fourth-order valence-electron chi connectivity index (χ4n) is 2.27. The minimum Gasteiger partial charge on any atom is -0.491 e. The number of ether oxygens (including phenoxy) is 1. The van der Waals surface area contributed by atoms with Gasteiger partial charge in [-0.2, -0.15) is 0 Å². The second-order valence-electron chi connectivity index (χ2n) is 4.77. The number of H-pyrrole nitrogens is 1. The molecular formula is C15H14N2O3. The molecule has 1 aromatic heterocycles. The molecule has 2 aromatic rings. The van der Waals surface area contributed by atoms with Gasteiger partial charge in [0.1, 0.15) is 17.9 Å². The van der Waals surface area contributed by atoms with Crippen LogP contribution in [-0.4, -0.2) is 17.5 Å². The topological polar surface area (TPSA) is 71.2 Å². The number of para-hydroxylation sites is 1. The number of aryl methyl sites for hydroxylation is 1. The predicted octanol–water partition coefficient (Wildman–Crippen LogP) is 1.55. The molecule has 0 bridgehead atoms. The Morgan fingerprint density at radius 3 is 3.00 bits per heavy atom. The number of amides is 1. The zero-order valence-electron chi connectivity index (χ0n) is 11.0. The van der Waals surface area contributed by atoms with E-state index in [1.165, 1.54) is 12.3 Å². The highest BCUT2D eigenvalue weighted by molar-refractivity contribution is 5.94. The van der Waals surface area contributed by atoms with Crippen LogP contribution in [0.15, 0.2) is 41.3 Å². The molecule has 0 radical (unpaired) electrons. The third-order valence-electron chi connectivity index (χ3n) is 3.31. The molecule has 0 spiro atoms. The molecule has 0 saturated heterocycles. The zero-order valence-corrected chi connectivity index (χ0v) is 11.0. The number of rotatable bonds is 2. The highest BCUT2D eigenvalue weighted by Crippen LogP contribution is 2.31. The average Bonchev–Trinajstić information content (AvgIpc) is 2.82. The molecule has 1 atom stereocenters. The quantitative estimate of drug-likeness (QED) is 0.869. The molecule has 5 heteroatoms. The van der Waals surface area contributed by atoms with Gasteiger partial charge in [0.15, 0.2) is 5.43 Å². The highest BCUT2D eigenvalue weighted by Gasteiger charge is 2.26. The van der Waals surface area contributed by atoms with Crippen LogP contribution in [0.2, 0.25) is 0 Å². The lowest BCUT2D eigenvalue weighted by atomic mass is 10.1. The maximum atomic E-state index is 12.2. The van der Waals surface area contributed by atoms with Crippen LogP contribution in [0.25, 0.3) is 0 Å². The van der Waals surface area contributed by atoms with Crippen molar-refractivity contribution < 1.29 is 9.53 Å². The van der Waals surface area contributed by atoms with Crippen LogP contribution in [0.5, 0.6) is 5.75 Å². The van der Waals surface area contributed by atoms with Crippen molar-refractivity contribution in [3.8, 4) is 5.75 Å². The van der Waals surface area contributed by atoms with Crippen molar-refractivity contribution in [3.63, 3.8) is 0 Å². The highest BCUT2D eigenvalue weighted by atomic mass is 16.5. The molecular weight excluding hydrogens is 256 g/mol. The van der Waals surface area contributed by atoms with E-state index in [4.69, 9.17) is 4.74 Å². The first kappa shape index (κ1) is 12.5. The third-order valence-corrected chi connectivity index (χ3v) is 3.31. The van der Waals surface area contributed by atoms with Crippen LogP contribution in [0, 0.1) is 6.92 Å². The molecule has 3 rings (SSSR count). The van der Waals surface area contributed by atoms with Gasteiger partial charge in [0.05, 0.1) is 6.04 Å². The minimum absolute atomic E-state index is 0.111. The largest absolute Gasteiger partial charge is 0.491 e. The zero-order chi connectivity index (χ0) is 14.1. The Balaban J connectivity index is 1.82. The van der Waals surface area contributed by atoms with Crippen molar-refractivity contribution in [1.29, 1.82) is 0 Å². The van der Waals surface area contributed by atoms with E-state index in [0.717, 1.165) is 17.0 Å². The summed E-state index contributed by atoms with van der Waals surface area (Å²) in [5.41, 5.74) is 1.48. The number of fused-ring (bicyclic) bond motifs is 1. The molecule has 5 nitrogen and oxygen atoms in total. The second kappa shape index (κ2) is 4.85. The summed E-state index contributed by atoms with van der Waals surface area (Å²) in [5.74, 6) is 0.382. The summed E-state index contributed by atoms with van der Waals surface area (Å²) in [6.45, 7) is 2.15. The molecule has 0 fully saturated rings. The Morgan fingerprint density at radius 1 is 1.40 bits per heavy atom. The summed E-state index contributed by atoms with van der Waals surface area (Å²) in [6, 6.07) is 8.74. The first-order chi connectivity index (χ1) is 9.65. The normalized spacial score (nSPS) is 16.4. The number of hydrogen-bond acceptors (Lipinski definition) is 3. The number of carbonyl (C=O) groups excluding carboxylic acids is 1. The van der Waals surface area contributed by atoms with E-state index in [0.29, 0.717) is 6.61 Å². The monoisotopic (exact) mass is 270 g/mol. The smallest absolute Gasteiger partial charge is 0.257 e. The Labute approximate surface area is 115 Å². The van der Waals surface area contributed by atoms with Crippen LogP contribution in [-0.2, 0) is 0 Å². The molecule has 1 amide bonds. The summed E-state index contributed by atoms with van der Waals surface area (Å²) < 4.78 is 5.50. The first-order valence-electron chi connectivity index (χ1n) is 6.37. The van der Waals surface area contributed by atoms with Crippen molar-refractivity contribution >= 4 is 5.91 Å². The van der Waals surface area contributed by atoms with Crippen LogP contribution >= 0.6 is 0 Å². The molecule has 1 aliphatic rings. The van der Waals surface area contributed by atoms with Crippen molar-refractivity contribution in [3.05, 3.63) is 63.6 Å². The van der Waals surface area contributed by atoms with Crippen LogP contribution in [0.1, 0.15) is 27.7 Å². The number of aromatic amines is 1. The number of nitrogens with one attached hydrogen (secondary N) is 2. The summed E-state index contributed by atoms with van der Waals surface area (Å²) in [6.07, 6.45) is 1.44. The van der Waals surface area contributed by atoms with Gasteiger partial charge in [-0.1, -0.05) is 18.2 Å². The number of hydrogen-bond donors (Lipinski definition) is 2. The van der Waals surface area contributed by atoms with Gasteiger partial charge in [0.25, 0.3) is 5.91 Å². The number of pyridine rings is 1. The van der Waals surface area contributed by atoms with E-state index in [1.807, 2.05) is 24.3 Å². The van der Waals surface area contributed by atoms with Gasteiger partial charge < -0.3 is 15.0 Å². The second-order valence-corrected chi connectivity index (χ2v) is 4.77. The van der Waals surface area contributed by atoms with E-state index in [1.54, 1.807) is 6.92 Å². The van der Waals surface area contributed by atoms with Crippen molar-refractivity contribution in [2.45, 2.75) is 13.0 Å². The van der Waals surface area contributed by atoms with E-state index in [2.05, 4.69) is 10.3 Å². The molecule has 0 aliphatic carbocycles. The lowest BCUT2D eigenvalue weighted by Gasteiger charge is -2.11. The SMILES string of the molecule is Cc1cc(=O)c(C(=O)NC2COc3ccccc32)c[nH]1. The molecule has 2 N–H and O–H groups in total. The van der Waals surface area contributed by atoms with E-state index < -0.39 is 5.91 Å². The summed E-state index contributed by atoms with van der Waals surface area (Å²) in [4.78, 5) is 26.8. The molecule has 1 unspecified atom stereocenters. The Kier molecular flexibility index (Phi) is 3.02. The van der Waals surface area contributed by atoms with Crippen LogP contribution in [0.4, 0.5) is 0 Å². The summed E-state index contributed by atoms with van der Waals surface area (Å²) in [7, 11) is 0. The van der Waals surface area contributed by atoms with Gasteiger partial charge in [-0.25, -0.2) is 0 Å². The van der Waals surface area contributed by atoms with Crippen molar-refractivity contribution in [1.82, 2.24) is 10.3 Å². The van der Waals surface area contributed by atoms with Gasteiger partial charge in [0.2, 0.25) is 0 Å². The van der Waals surface area contributed by atoms with E-state index in [9.17, 15) is 9.59 Å². The van der Waals surface area contributed by atoms with Gasteiger partial charge in [-0.3, -0.25) is 9.59 Å². The maximum absolute atomic E-state index is 12.2. The Bertz CT molecular complexity index is 721. The Morgan fingerprint density at radius 2 is 2.20 bits per heavy atom. The predicted molar refractivity (Wildman–Crippen MR) is 73.9 cm³/mol. The van der Waals surface area contributed by atoms with E-state index in [-0.39, 0.29) is 17.0 Å². The first-order valence-corrected chi connectivity index (χ1v) is 6.37. The van der Waals surface area contributed by atoms with Gasteiger partial charge in [0, 0.05) is 23.5 Å². The van der Waals surface area contributed by atoms with Gasteiger partial charge in [-0.05, 0) is 13.0 Å². The van der Waals surface area contributed by atoms with Gasteiger partial charge >= 0.3 is 0 Å². The number of carbonyl (C=O) groups is 1. The molecule has 0 saturated carbocycles. The van der Waals surface area contributed by atoms with E-state index >= 15 is 0 Å². The molecule has 1 aromatic carbocycles. The standard InChI is InChI=1S/C15H14N2O3/c1-9-6-13(18)11(7-16-9)15(19)17-12-8-20-14-5-3-2-4-10(12)14/h2-7,12H,8H2,1H3,(H,16,18)(H,17,19).